The van der Waals surface area contributed by atoms with Gasteiger partial charge < -0.3 is 4.74 Å². The molecule has 0 saturated carbocycles. The molecule has 0 aromatic heterocycles. The van der Waals surface area contributed by atoms with Crippen LogP contribution in [0.4, 0.5) is 4.39 Å². The summed E-state index contributed by atoms with van der Waals surface area (Å²) in [6, 6.07) is 3.66. The standard InChI is InChI=1S/C14H19ClFNO3S/c1-14(20-2)6-3-7-17(10-14)21(18,19)13-8-12(16)5-4-11(13)9-15/h4-5,8H,3,6-7,9-10H2,1-2H3. The van der Waals surface area contributed by atoms with Crippen molar-refractivity contribution in [2.45, 2.75) is 36.1 Å². The van der Waals surface area contributed by atoms with Crippen LogP contribution < -0.4 is 0 Å². The van der Waals surface area contributed by atoms with Crippen molar-refractivity contribution in [3.63, 3.8) is 0 Å². The van der Waals surface area contributed by atoms with Gasteiger partial charge in [-0.3, -0.25) is 0 Å². The van der Waals surface area contributed by atoms with Crippen LogP contribution in [0.1, 0.15) is 25.3 Å². The quantitative estimate of drug-likeness (QED) is 0.795. The molecule has 1 fully saturated rings. The Hall–Kier alpha value is -0.690. The Morgan fingerprint density at radius 3 is 2.81 bits per heavy atom. The molecule has 118 valence electrons. The van der Waals surface area contributed by atoms with Crippen LogP contribution in [-0.2, 0) is 20.6 Å². The Morgan fingerprint density at radius 1 is 1.48 bits per heavy atom. The first-order valence-corrected chi connectivity index (χ1v) is 8.69. The predicted octanol–water partition coefficient (Wildman–Crippen LogP) is 2.75. The highest BCUT2D eigenvalue weighted by molar-refractivity contribution is 7.89. The largest absolute Gasteiger partial charge is 0.377 e. The molecule has 0 bridgehead atoms. The van der Waals surface area contributed by atoms with E-state index in [4.69, 9.17) is 16.3 Å². The number of ether oxygens (including phenoxy) is 1. The second-order valence-electron chi connectivity index (χ2n) is 5.48. The van der Waals surface area contributed by atoms with Crippen LogP contribution in [0.3, 0.4) is 0 Å². The highest BCUT2D eigenvalue weighted by Crippen LogP contribution is 2.30. The zero-order chi connectivity index (χ0) is 15.7. The molecule has 0 N–H and O–H groups in total. The number of hydrogen-bond donors (Lipinski definition) is 0. The summed E-state index contributed by atoms with van der Waals surface area (Å²) in [6.45, 7) is 2.53. The maximum Gasteiger partial charge on any atom is 0.243 e. The molecule has 2 rings (SSSR count). The van der Waals surface area contributed by atoms with Gasteiger partial charge in [0.25, 0.3) is 0 Å². The van der Waals surface area contributed by atoms with Crippen LogP contribution in [0.15, 0.2) is 23.1 Å². The van der Waals surface area contributed by atoms with Gasteiger partial charge in [0.05, 0.1) is 10.5 Å². The number of hydrogen-bond acceptors (Lipinski definition) is 3. The molecule has 1 aromatic carbocycles. The summed E-state index contributed by atoms with van der Waals surface area (Å²) in [5, 5.41) is 0. The molecule has 1 aliphatic rings. The van der Waals surface area contributed by atoms with Gasteiger partial charge in [0.1, 0.15) is 5.82 Å². The van der Waals surface area contributed by atoms with Crippen molar-refractivity contribution < 1.29 is 17.5 Å². The van der Waals surface area contributed by atoms with Crippen LogP contribution >= 0.6 is 11.6 Å². The van der Waals surface area contributed by atoms with E-state index in [0.29, 0.717) is 18.5 Å². The van der Waals surface area contributed by atoms with Crippen molar-refractivity contribution in [1.82, 2.24) is 4.31 Å². The molecule has 1 aromatic rings. The number of methoxy groups -OCH3 is 1. The van der Waals surface area contributed by atoms with Gasteiger partial charge in [-0.15, -0.1) is 11.6 Å². The zero-order valence-electron chi connectivity index (χ0n) is 12.1. The lowest BCUT2D eigenvalue weighted by Gasteiger charge is -2.38. The number of rotatable bonds is 4. The van der Waals surface area contributed by atoms with Crippen molar-refractivity contribution in [2.75, 3.05) is 20.2 Å². The highest BCUT2D eigenvalue weighted by atomic mass is 35.5. The molecule has 1 saturated heterocycles. The third kappa shape index (κ3) is 3.39. The monoisotopic (exact) mass is 335 g/mol. The first-order valence-electron chi connectivity index (χ1n) is 6.72. The summed E-state index contributed by atoms with van der Waals surface area (Å²) in [5.74, 6) is -0.571. The molecule has 21 heavy (non-hydrogen) atoms. The van der Waals surface area contributed by atoms with E-state index in [1.165, 1.54) is 16.4 Å². The first kappa shape index (κ1) is 16.7. The van der Waals surface area contributed by atoms with E-state index in [1.54, 1.807) is 7.11 Å². The predicted molar refractivity (Wildman–Crippen MR) is 79.4 cm³/mol. The van der Waals surface area contributed by atoms with Crippen LogP contribution in [0.25, 0.3) is 0 Å². The van der Waals surface area contributed by atoms with E-state index in [2.05, 4.69) is 0 Å². The SMILES string of the molecule is COC1(C)CCCN(S(=O)(=O)c2cc(F)ccc2CCl)C1. The zero-order valence-corrected chi connectivity index (χ0v) is 13.7. The van der Waals surface area contributed by atoms with Gasteiger partial charge >= 0.3 is 0 Å². The van der Waals surface area contributed by atoms with Crippen molar-refractivity contribution >= 4 is 21.6 Å². The third-order valence-electron chi connectivity index (χ3n) is 3.91. The Labute approximate surface area is 129 Å². The van der Waals surface area contributed by atoms with Gasteiger partial charge in [-0.2, -0.15) is 4.31 Å². The maximum atomic E-state index is 13.4. The van der Waals surface area contributed by atoms with Crippen molar-refractivity contribution in [1.29, 1.82) is 0 Å². The van der Waals surface area contributed by atoms with E-state index in [0.717, 1.165) is 12.5 Å². The minimum absolute atomic E-state index is 0.0181. The van der Waals surface area contributed by atoms with Gasteiger partial charge in [0.15, 0.2) is 0 Å². The minimum atomic E-state index is -3.78. The maximum absolute atomic E-state index is 13.4. The number of sulfonamides is 1. The molecule has 4 nitrogen and oxygen atoms in total. The minimum Gasteiger partial charge on any atom is -0.377 e. The fraction of sp³-hybridized carbons (Fsp3) is 0.571. The summed E-state index contributed by atoms with van der Waals surface area (Å²) in [7, 11) is -2.21. The van der Waals surface area contributed by atoms with Crippen LogP contribution in [0.2, 0.25) is 0 Å². The first-order chi connectivity index (χ1) is 9.82. The molecule has 1 heterocycles. The van der Waals surface area contributed by atoms with Gasteiger partial charge in [-0.1, -0.05) is 6.07 Å². The Kier molecular flexibility index (Phi) is 4.92. The molecule has 0 amide bonds. The number of piperidine rings is 1. The average Bonchev–Trinajstić information content (AvgIpc) is 2.47. The molecule has 1 aliphatic heterocycles. The summed E-state index contributed by atoms with van der Waals surface area (Å²) in [4.78, 5) is -0.0575. The number of benzene rings is 1. The third-order valence-corrected chi connectivity index (χ3v) is 6.12. The van der Waals surface area contributed by atoms with E-state index in [1.807, 2.05) is 6.92 Å². The lowest BCUT2D eigenvalue weighted by molar-refractivity contribution is -0.0319. The highest BCUT2D eigenvalue weighted by Gasteiger charge is 2.37. The Balaban J connectivity index is 2.40. The second kappa shape index (κ2) is 6.20. The fourth-order valence-corrected chi connectivity index (χ4v) is 4.69. The number of alkyl halides is 1. The van der Waals surface area contributed by atoms with Gasteiger partial charge in [-0.05, 0) is 37.5 Å². The second-order valence-corrected chi connectivity index (χ2v) is 7.66. The van der Waals surface area contributed by atoms with E-state index in [9.17, 15) is 12.8 Å². The lowest BCUT2D eigenvalue weighted by atomic mass is 9.96. The van der Waals surface area contributed by atoms with Gasteiger partial charge in [-0.25, -0.2) is 12.8 Å². The molecule has 0 radical (unpaired) electrons. The van der Waals surface area contributed by atoms with E-state index in [-0.39, 0.29) is 17.3 Å². The number of nitrogens with zero attached hydrogens (tertiary/aromatic N) is 1. The molecule has 0 spiro atoms. The van der Waals surface area contributed by atoms with Crippen LogP contribution in [0, 0.1) is 5.82 Å². The van der Waals surface area contributed by atoms with Crippen LogP contribution in [-0.4, -0.2) is 38.5 Å². The topological polar surface area (TPSA) is 46.6 Å². The van der Waals surface area contributed by atoms with Crippen LogP contribution in [0.5, 0.6) is 0 Å². The fourth-order valence-electron chi connectivity index (χ4n) is 2.55. The van der Waals surface area contributed by atoms with E-state index >= 15 is 0 Å². The molecule has 1 atom stereocenters. The molecule has 7 heteroatoms. The summed E-state index contributed by atoms with van der Waals surface area (Å²) < 4.78 is 45.8. The molecule has 1 unspecified atom stereocenters. The summed E-state index contributed by atoms with van der Waals surface area (Å²) >= 11 is 5.78. The summed E-state index contributed by atoms with van der Waals surface area (Å²) in [5.41, 5.74) is -0.109. The molecular weight excluding hydrogens is 317 g/mol. The Morgan fingerprint density at radius 2 is 2.19 bits per heavy atom. The van der Waals surface area contributed by atoms with Crippen molar-refractivity contribution in [3.05, 3.63) is 29.6 Å². The normalized spacial score (nSPS) is 24.2. The van der Waals surface area contributed by atoms with Gasteiger partial charge in [0.2, 0.25) is 10.0 Å². The van der Waals surface area contributed by atoms with E-state index < -0.39 is 21.4 Å². The van der Waals surface area contributed by atoms with Crippen molar-refractivity contribution in [3.8, 4) is 0 Å². The smallest absolute Gasteiger partial charge is 0.243 e. The lowest BCUT2D eigenvalue weighted by Crippen LogP contribution is -2.49. The summed E-state index contributed by atoms with van der Waals surface area (Å²) in [6.07, 6.45) is 1.50. The Bertz CT molecular complexity index is 623. The number of halogens is 2. The van der Waals surface area contributed by atoms with Gasteiger partial charge in [0, 0.05) is 26.1 Å². The average molecular weight is 336 g/mol. The van der Waals surface area contributed by atoms with Crippen molar-refractivity contribution in [2.24, 2.45) is 0 Å². The molecular formula is C14H19ClFNO3S. The molecule has 0 aliphatic carbocycles.